The maximum Gasteiger partial charge on any atom is 0.390 e. The number of nitrogens with two attached hydrogens (primary N) is 1. The van der Waals surface area contributed by atoms with Crippen LogP contribution < -0.4 is 5.73 Å². The van der Waals surface area contributed by atoms with Crippen LogP contribution in [0.25, 0.3) is 0 Å². The van der Waals surface area contributed by atoms with E-state index in [-0.39, 0.29) is 18.4 Å². The third-order valence-corrected chi connectivity index (χ3v) is 2.37. The predicted molar refractivity (Wildman–Crippen MR) is 55.8 cm³/mol. The predicted octanol–water partition coefficient (Wildman–Crippen LogP) is 1.77. The van der Waals surface area contributed by atoms with Gasteiger partial charge in [0.2, 0.25) is 5.91 Å². The number of hydrogen-bond donors (Lipinski definition) is 1. The van der Waals surface area contributed by atoms with E-state index in [4.69, 9.17) is 5.73 Å². The molecule has 0 heterocycles. The van der Waals surface area contributed by atoms with Crippen molar-refractivity contribution in [3.63, 3.8) is 0 Å². The van der Waals surface area contributed by atoms with Gasteiger partial charge in [0.1, 0.15) is 0 Å². The van der Waals surface area contributed by atoms with Crippen molar-refractivity contribution in [3.8, 4) is 0 Å². The molecule has 1 unspecified atom stereocenters. The summed E-state index contributed by atoms with van der Waals surface area (Å²) >= 11 is 0. The summed E-state index contributed by atoms with van der Waals surface area (Å²) in [7, 11) is 1.40. The first-order chi connectivity index (χ1) is 7.28. The van der Waals surface area contributed by atoms with Crippen molar-refractivity contribution in [1.29, 1.82) is 0 Å². The Balaban J connectivity index is 3.98. The molecular formula is C10H19F3N2O. The highest BCUT2D eigenvalue weighted by Crippen LogP contribution is 2.20. The van der Waals surface area contributed by atoms with E-state index >= 15 is 0 Å². The highest BCUT2D eigenvalue weighted by molar-refractivity contribution is 5.78. The van der Waals surface area contributed by atoms with Crippen molar-refractivity contribution >= 4 is 5.91 Å². The summed E-state index contributed by atoms with van der Waals surface area (Å²) < 4.78 is 35.8. The smallest absolute Gasteiger partial charge is 0.345 e. The molecule has 0 aromatic carbocycles. The normalized spacial score (nSPS) is 13.6. The summed E-state index contributed by atoms with van der Waals surface area (Å²) in [5, 5.41) is 0. The van der Waals surface area contributed by atoms with E-state index in [0.29, 0.717) is 19.4 Å². The van der Waals surface area contributed by atoms with Gasteiger partial charge in [-0.3, -0.25) is 4.79 Å². The van der Waals surface area contributed by atoms with Crippen molar-refractivity contribution in [2.24, 2.45) is 11.7 Å². The average Bonchev–Trinajstić information content (AvgIpc) is 2.20. The van der Waals surface area contributed by atoms with Gasteiger partial charge in [0.15, 0.2) is 0 Å². The fourth-order valence-electron chi connectivity index (χ4n) is 1.33. The molecule has 2 N–H and O–H groups in total. The van der Waals surface area contributed by atoms with E-state index in [1.807, 2.05) is 0 Å². The first-order valence-electron chi connectivity index (χ1n) is 5.29. The zero-order valence-corrected chi connectivity index (χ0v) is 9.68. The molecule has 0 spiro atoms. The number of halogens is 3. The zero-order valence-electron chi connectivity index (χ0n) is 9.68. The SMILES string of the molecule is CC(CCCN)C(=O)N(C)CCC(F)(F)F. The lowest BCUT2D eigenvalue weighted by Gasteiger charge is -2.21. The number of rotatable bonds is 6. The highest BCUT2D eigenvalue weighted by atomic mass is 19.4. The van der Waals surface area contributed by atoms with E-state index in [1.54, 1.807) is 6.92 Å². The second-order valence-electron chi connectivity index (χ2n) is 3.96. The van der Waals surface area contributed by atoms with Crippen molar-refractivity contribution in [1.82, 2.24) is 4.90 Å². The maximum atomic E-state index is 11.9. The van der Waals surface area contributed by atoms with Crippen LogP contribution in [0, 0.1) is 5.92 Å². The summed E-state index contributed by atoms with van der Waals surface area (Å²) in [5.74, 6) is -0.514. The Labute approximate surface area is 93.8 Å². The van der Waals surface area contributed by atoms with Crippen LogP contribution in [0.1, 0.15) is 26.2 Å². The number of nitrogens with zero attached hydrogens (tertiary/aromatic N) is 1. The Morgan fingerprint density at radius 3 is 2.44 bits per heavy atom. The monoisotopic (exact) mass is 240 g/mol. The highest BCUT2D eigenvalue weighted by Gasteiger charge is 2.28. The van der Waals surface area contributed by atoms with Crippen LogP contribution in [-0.4, -0.2) is 37.1 Å². The van der Waals surface area contributed by atoms with E-state index in [0.717, 1.165) is 4.90 Å². The Morgan fingerprint density at radius 1 is 1.44 bits per heavy atom. The van der Waals surface area contributed by atoms with Crippen LogP contribution in [-0.2, 0) is 4.79 Å². The van der Waals surface area contributed by atoms with Gasteiger partial charge in [-0.15, -0.1) is 0 Å². The van der Waals surface area contributed by atoms with Gasteiger partial charge in [0, 0.05) is 19.5 Å². The van der Waals surface area contributed by atoms with Crippen LogP contribution in [0.3, 0.4) is 0 Å². The van der Waals surface area contributed by atoms with Gasteiger partial charge in [-0.2, -0.15) is 13.2 Å². The van der Waals surface area contributed by atoms with Gasteiger partial charge >= 0.3 is 6.18 Å². The van der Waals surface area contributed by atoms with Gasteiger partial charge in [0.25, 0.3) is 0 Å². The van der Waals surface area contributed by atoms with Gasteiger partial charge < -0.3 is 10.6 Å². The van der Waals surface area contributed by atoms with Gasteiger partial charge in [-0.05, 0) is 19.4 Å². The van der Waals surface area contributed by atoms with E-state index < -0.39 is 12.6 Å². The van der Waals surface area contributed by atoms with Crippen molar-refractivity contribution in [2.75, 3.05) is 20.1 Å². The molecule has 0 saturated heterocycles. The summed E-state index contributed by atoms with van der Waals surface area (Å²) in [6.45, 7) is 1.92. The summed E-state index contributed by atoms with van der Waals surface area (Å²) in [6.07, 6.45) is -3.85. The molecule has 16 heavy (non-hydrogen) atoms. The molecule has 0 aromatic heterocycles. The molecule has 0 aliphatic rings. The third-order valence-electron chi connectivity index (χ3n) is 2.37. The van der Waals surface area contributed by atoms with Crippen molar-refractivity contribution < 1.29 is 18.0 Å². The van der Waals surface area contributed by atoms with Gasteiger partial charge in [0.05, 0.1) is 6.42 Å². The molecule has 3 nitrogen and oxygen atoms in total. The van der Waals surface area contributed by atoms with Gasteiger partial charge in [-0.25, -0.2) is 0 Å². The molecule has 96 valence electrons. The molecule has 0 fully saturated rings. The van der Waals surface area contributed by atoms with Gasteiger partial charge in [-0.1, -0.05) is 6.92 Å². The molecule has 0 aromatic rings. The summed E-state index contributed by atoms with van der Waals surface area (Å²) in [6, 6.07) is 0. The molecule has 1 amide bonds. The Bertz CT molecular complexity index is 219. The first-order valence-corrected chi connectivity index (χ1v) is 5.29. The van der Waals surface area contributed by atoms with Crippen LogP contribution in [0.4, 0.5) is 13.2 Å². The maximum absolute atomic E-state index is 11.9. The minimum Gasteiger partial charge on any atom is -0.345 e. The lowest BCUT2D eigenvalue weighted by molar-refractivity contribution is -0.145. The molecule has 0 bridgehead atoms. The minimum atomic E-state index is -4.21. The summed E-state index contributed by atoms with van der Waals surface area (Å²) in [4.78, 5) is 12.7. The fraction of sp³-hybridized carbons (Fsp3) is 0.900. The van der Waals surface area contributed by atoms with E-state index in [9.17, 15) is 18.0 Å². The molecule has 0 aliphatic carbocycles. The lowest BCUT2D eigenvalue weighted by atomic mass is 10.0. The largest absolute Gasteiger partial charge is 0.390 e. The van der Waals surface area contributed by atoms with Crippen LogP contribution in [0.15, 0.2) is 0 Å². The Morgan fingerprint density at radius 2 is 2.00 bits per heavy atom. The number of carbonyl (C=O) groups is 1. The topological polar surface area (TPSA) is 46.3 Å². The second kappa shape index (κ2) is 6.73. The van der Waals surface area contributed by atoms with E-state index in [2.05, 4.69) is 0 Å². The second-order valence-corrected chi connectivity index (χ2v) is 3.96. The average molecular weight is 240 g/mol. The van der Waals surface area contributed by atoms with Crippen molar-refractivity contribution in [2.45, 2.75) is 32.4 Å². The number of hydrogen-bond acceptors (Lipinski definition) is 2. The summed E-state index contributed by atoms with van der Waals surface area (Å²) in [5.41, 5.74) is 5.30. The number of carbonyl (C=O) groups excluding carboxylic acids is 1. The lowest BCUT2D eigenvalue weighted by Crippen LogP contribution is -2.34. The van der Waals surface area contributed by atoms with Crippen LogP contribution >= 0.6 is 0 Å². The molecule has 6 heteroatoms. The molecule has 0 radical (unpaired) electrons. The number of amides is 1. The van der Waals surface area contributed by atoms with Crippen LogP contribution in [0.5, 0.6) is 0 Å². The fourth-order valence-corrected chi connectivity index (χ4v) is 1.33. The van der Waals surface area contributed by atoms with Crippen LogP contribution in [0.2, 0.25) is 0 Å². The molecule has 0 aliphatic heterocycles. The quantitative estimate of drug-likeness (QED) is 0.769. The third kappa shape index (κ3) is 6.66. The molecular weight excluding hydrogens is 221 g/mol. The number of alkyl halides is 3. The minimum absolute atomic E-state index is 0.252. The van der Waals surface area contributed by atoms with E-state index in [1.165, 1.54) is 7.05 Å². The standard InChI is InChI=1S/C10H19F3N2O/c1-8(4-3-6-14)9(16)15(2)7-5-10(11,12)13/h8H,3-7,14H2,1-2H3. The molecule has 1 atom stereocenters. The Kier molecular flexibility index (Phi) is 6.40. The molecule has 0 saturated carbocycles. The zero-order chi connectivity index (χ0) is 12.8. The van der Waals surface area contributed by atoms with Crippen molar-refractivity contribution in [3.05, 3.63) is 0 Å². The molecule has 0 rings (SSSR count). The Hall–Kier alpha value is -0.780. The first kappa shape index (κ1) is 15.2.